The molecule has 1 atom stereocenters. The third kappa shape index (κ3) is 2.44. The predicted octanol–water partition coefficient (Wildman–Crippen LogP) is 3.90. The maximum Gasteiger partial charge on any atom is 0.131 e. The monoisotopic (exact) mass is 283 g/mol. The molecule has 21 heavy (non-hydrogen) atoms. The second kappa shape index (κ2) is 5.68. The van der Waals surface area contributed by atoms with Gasteiger partial charge in [-0.1, -0.05) is 18.2 Å². The first kappa shape index (κ1) is 13.8. The number of hydrogen-bond acceptors (Lipinski definition) is 3. The van der Waals surface area contributed by atoms with Crippen molar-refractivity contribution in [3.05, 3.63) is 48.9 Å². The van der Waals surface area contributed by atoms with Gasteiger partial charge in [-0.05, 0) is 31.5 Å². The van der Waals surface area contributed by atoms with Crippen LogP contribution in [0.15, 0.2) is 36.4 Å². The lowest BCUT2D eigenvalue weighted by Crippen LogP contribution is -2.10. The van der Waals surface area contributed by atoms with Crippen molar-refractivity contribution in [1.82, 2.24) is 0 Å². The SMILES string of the molecule is [CH2]CC1Cc2cc(OC)cc(-c3ccccc3OC)c2O1. The van der Waals surface area contributed by atoms with E-state index in [0.29, 0.717) is 0 Å². The minimum absolute atomic E-state index is 0.139. The van der Waals surface area contributed by atoms with E-state index in [-0.39, 0.29) is 6.10 Å². The quantitative estimate of drug-likeness (QED) is 0.851. The first-order valence-corrected chi connectivity index (χ1v) is 7.07. The average Bonchev–Trinajstić information content (AvgIpc) is 2.96. The number of methoxy groups -OCH3 is 2. The Morgan fingerprint density at radius 3 is 2.67 bits per heavy atom. The van der Waals surface area contributed by atoms with Crippen LogP contribution in [0.2, 0.25) is 0 Å². The van der Waals surface area contributed by atoms with Crippen LogP contribution in [0.25, 0.3) is 11.1 Å². The number of benzene rings is 2. The molecule has 0 aromatic heterocycles. The molecule has 1 aliphatic rings. The normalized spacial score (nSPS) is 16.2. The molecule has 1 aliphatic heterocycles. The highest BCUT2D eigenvalue weighted by Crippen LogP contribution is 2.44. The zero-order chi connectivity index (χ0) is 14.8. The van der Waals surface area contributed by atoms with Crippen molar-refractivity contribution >= 4 is 0 Å². The van der Waals surface area contributed by atoms with E-state index in [2.05, 4.69) is 6.92 Å². The molecule has 3 heteroatoms. The molecule has 109 valence electrons. The predicted molar refractivity (Wildman–Crippen MR) is 83.1 cm³/mol. The van der Waals surface area contributed by atoms with Gasteiger partial charge in [-0.2, -0.15) is 0 Å². The molecule has 1 radical (unpaired) electrons. The second-order valence-corrected chi connectivity index (χ2v) is 5.10. The molecule has 0 N–H and O–H groups in total. The Morgan fingerprint density at radius 1 is 1.14 bits per heavy atom. The molecule has 2 aromatic carbocycles. The molecule has 0 spiro atoms. The van der Waals surface area contributed by atoms with Gasteiger partial charge in [-0.3, -0.25) is 0 Å². The molecule has 1 unspecified atom stereocenters. The Hall–Kier alpha value is -2.16. The molecule has 3 nitrogen and oxygen atoms in total. The summed E-state index contributed by atoms with van der Waals surface area (Å²) in [4.78, 5) is 0. The Labute approximate surface area is 125 Å². The van der Waals surface area contributed by atoms with Gasteiger partial charge in [0.25, 0.3) is 0 Å². The molecule has 0 bridgehead atoms. The van der Waals surface area contributed by atoms with Crippen LogP contribution >= 0.6 is 0 Å². The highest BCUT2D eigenvalue weighted by Gasteiger charge is 2.26. The van der Waals surface area contributed by atoms with Crippen LogP contribution in [-0.2, 0) is 6.42 Å². The molecule has 0 saturated heterocycles. The minimum Gasteiger partial charge on any atom is -0.497 e. The highest BCUT2D eigenvalue weighted by atomic mass is 16.5. The number of rotatable bonds is 4. The lowest BCUT2D eigenvalue weighted by Gasteiger charge is -2.14. The van der Waals surface area contributed by atoms with Gasteiger partial charge >= 0.3 is 0 Å². The van der Waals surface area contributed by atoms with Crippen LogP contribution in [0.1, 0.15) is 12.0 Å². The first-order valence-electron chi connectivity index (χ1n) is 7.07. The fourth-order valence-electron chi connectivity index (χ4n) is 2.75. The van der Waals surface area contributed by atoms with Gasteiger partial charge in [-0.25, -0.2) is 0 Å². The number of hydrogen-bond donors (Lipinski definition) is 0. The molecular weight excluding hydrogens is 264 g/mol. The van der Waals surface area contributed by atoms with Gasteiger partial charge in [0.2, 0.25) is 0 Å². The smallest absolute Gasteiger partial charge is 0.131 e. The van der Waals surface area contributed by atoms with Gasteiger partial charge in [0.15, 0.2) is 0 Å². The van der Waals surface area contributed by atoms with Crippen LogP contribution in [0.5, 0.6) is 17.2 Å². The third-order valence-electron chi connectivity index (χ3n) is 3.83. The average molecular weight is 283 g/mol. The summed E-state index contributed by atoms with van der Waals surface area (Å²) in [7, 11) is 3.36. The van der Waals surface area contributed by atoms with Crippen molar-refractivity contribution in [2.24, 2.45) is 0 Å². The van der Waals surface area contributed by atoms with Crippen molar-refractivity contribution < 1.29 is 14.2 Å². The molecule has 0 amide bonds. The Balaban J connectivity index is 2.16. The van der Waals surface area contributed by atoms with E-state index in [1.807, 2.05) is 36.4 Å². The maximum absolute atomic E-state index is 6.07. The zero-order valence-corrected chi connectivity index (χ0v) is 12.4. The van der Waals surface area contributed by atoms with Crippen LogP contribution < -0.4 is 14.2 Å². The lowest BCUT2D eigenvalue weighted by atomic mass is 9.99. The van der Waals surface area contributed by atoms with E-state index in [1.165, 1.54) is 5.56 Å². The summed E-state index contributed by atoms with van der Waals surface area (Å²) in [6, 6.07) is 12.0. The number of ether oxygens (including phenoxy) is 3. The fourth-order valence-corrected chi connectivity index (χ4v) is 2.75. The summed E-state index contributed by atoms with van der Waals surface area (Å²) in [5, 5.41) is 0. The third-order valence-corrected chi connectivity index (χ3v) is 3.83. The summed E-state index contributed by atoms with van der Waals surface area (Å²) in [6.45, 7) is 3.95. The first-order chi connectivity index (χ1) is 10.3. The maximum atomic E-state index is 6.07. The Bertz CT molecular complexity index is 649. The molecular formula is C18H19O3. The minimum atomic E-state index is 0.139. The summed E-state index contributed by atoms with van der Waals surface area (Å²) < 4.78 is 17.0. The zero-order valence-electron chi connectivity index (χ0n) is 12.4. The standard InChI is InChI=1S/C18H19O3/c1-4-13-9-12-10-14(19-2)11-16(18(12)21-13)15-7-5-6-8-17(15)20-3/h5-8,10-11,13H,1,4,9H2,2-3H3. The molecule has 0 saturated carbocycles. The summed E-state index contributed by atoms with van der Waals surface area (Å²) in [6.07, 6.45) is 1.76. The van der Waals surface area contributed by atoms with Gasteiger partial charge in [0.1, 0.15) is 23.4 Å². The fraction of sp³-hybridized carbons (Fsp3) is 0.278. The van der Waals surface area contributed by atoms with Crippen molar-refractivity contribution in [2.45, 2.75) is 18.9 Å². The number of fused-ring (bicyclic) bond motifs is 1. The van der Waals surface area contributed by atoms with Crippen molar-refractivity contribution in [3.8, 4) is 28.4 Å². The molecule has 0 fully saturated rings. The van der Waals surface area contributed by atoms with Crippen molar-refractivity contribution in [3.63, 3.8) is 0 Å². The van der Waals surface area contributed by atoms with Crippen LogP contribution in [0.3, 0.4) is 0 Å². The van der Waals surface area contributed by atoms with E-state index in [4.69, 9.17) is 14.2 Å². The van der Waals surface area contributed by atoms with Crippen molar-refractivity contribution in [1.29, 1.82) is 0 Å². The van der Waals surface area contributed by atoms with Gasteiger partial charge < -0.3 is 14.2 Å². The van der Waals surface area contributed by atoms with E-state index >= 15 is 0 Å². The summed E-state index contributed by atoms with van der Waals surface area (Å²) in [5.41, 5.74) is 3.20. The van der Waals surface area contributed by atoms with Crippen LogP contribution in [0, 0.1) is 6.92 Å². The van der Waals surface area contributed by atoms with Crippen LogP contribution in [-0.4, -0.2) is 20.3 Å². The molecule has 2 aromatic rings. The van der Waals surface area contributed by atoms with Gasteiger partial charge in [0.05, 0.1) is 14.2 Å². The largest absolute Gasteiger partial charge is 0.497 e. The Morgan fingerprint density at radius 2 is 1.95 bits per heavy atom. The summed E-state index contributed by atoms with van der Waals surface area (Å²) in [5.74, 6) is 2.59. The lowest BCUT2D eigenvalue weighted by molar-refractivity contribution is 0.236. The van der Waals surface area contributed by atoms with Crippen LogP contribution in [0.4, 0.5) is 0 Å². The molecule has 1 heterocycles. The van der Waals surface area contributed by atoms with E-state index in [0.717, 1.165) is 41.2 Å². The summed E-state index contributed by atoms with van der Waals surface area (Å²) >= 11 is 0. The van der Waals surface area contributed by atoms with Gasteiger partial charge in [0, 0.05) is 23.1 Å². The highest BCUT2D eigenvalue weighted by molar-refractivity contribution is 5.79. The van der Waals surface area contributed by atoms with Gasteiger partial charge in [-0.15, -0.1) is 0 Å². The molecule has 0 aliphatic carbocycles. The van der Waals surface area contributed by atoms with E-state index in [1.54, 1.807) is 14.2 Å². The van der Waals surface area contributed by atoms with E-state index in [9.17, 15) is 0 Å². The van der Waals surface area contributed by atoms with Crippen molar-refractivity contribution in [2.75, 3.05) is 14.2 Å². The Kier molecular flexibility index (Phi) is 3.74. The number of para-hydroxylation sites is 1. The van der Waals surface area contributed by atoms with E-state index < -0.39 is 0 Å². The molecule has 3 rings (SSSR count). The topological polar surface area (TPSA) is 27.7 Å². The second-order valence-electron chi connectivity index (χ2n) is 5.10.